The van der Waals surface area contributed by atoms with Crippen LogP contribution in [-0.2, 0) is 9.53 Å². The summed E-state index contributed by atoms with van der Waals surface area (Å²) in [6.07, 6.45) is 0. The molecule has 14 heavy (non-hydrogen) atoms. The van der Waals surface area contributed by atoms with Crippen LogP contribution in [0.5, 0.6) is 0 Å². The Bertz CT molecular complexity index is 187. The number of amides is 1. The first kappa shape index (κ1) is 11.4. The van der Waals surface area contributed by atoms with Crippen LogP contribution in [-0.4, -0.2) is 56.2 Å². The third kappa shape index (κ3) is 3.25. The number of rotatable bonds is 5. The van der Waals surface area contributed by atoms with Gasteiger partial charge in [-0.1, -0.05) is 0 Å². The van der Waals surface area contributed by atoms with Crippen LogP contribution < -0.4 is 11.1 Å². The number of nitrogens with one attached hydrogen (secondary N) is 1. The minimum Gasteiger partial charge on any atom is -0.379 e. The third-order valence-corrected chi connectivity index (χ3v) is 2.41. The summed E-state index contributed by atoms with van der Waals surface area (Å²) in [5.41, 5.74) is 5.29. The van der Waals surface area contributed by atoms with E-state index in [4.69, 9.17) is 10.5 Å². The predicted octanol–water partition coefficient (Wildman–Crippen LogP) is -1.22. The fourth-order valence-corrected chi connectivity index (χ4v) is 1.50. The average Bonchev–Trinajstić information content (AvgIpc) is 2.19. The lowest BCUT2D eigenvalue weighted by molar-refractivity contribution is -0.128. The maximum Gasteiger partial charge on any atom is 0.237 e. The Kier molecular flexibility index (Phi) is 4.86. The molecule has 0 aromatic rings. The number of piperazine rings is 1. The van der Waals surface area contributed by atoms with Gasteiger partial charge in [0, 0.05) is 26.2 Å². The van der Waals surface area contributed by atoms with E-state index in [2.05, 4.69) is 10.2 Å². The number of hydrogen-bond donors (Lipinski definition) is 2. The van der Waals surface area contributed by atoms with Crippen molar-refractivity contribution in [2.75, 3.05) is 39.4 Å². The molecule has 0 spiro atoms. The van der Waals surface area contributed by atoms with Gasteiger partial charge in [0.05, 0.1) is 19.3 Å². The summed E-state index contributed by atoms with van der Waals surface area (Å²) in [5.74, 6) is 0.107. The molecule has 0 aliphatic carbocycles. The van der Waals surface area contributed by atoms with Crippen molar-refractivity contribution in [3.05, 3.63) is 0 Å². The van der Waals surface area contributed by atoms with Crippen LogP contribution in [0.25, 0.3) is 0 Å². The van der Waals surface area contributed by atoms with Gasteiger partial charge in [0.1, 0.15) is 0 Å². The topological polar surface area (TPSA) is 67.6 Å². The molecule has 1 unspecified atom stereocenters. The van der Waals surface area contributed by atoms with Gasteiger partial charge in [0.15, 0.2) is 0 Å². The summed E-state index contributed by atoms with van der Waals surface area (Å²) in [6.45, 7) is 6.14. The monoisotopic (exact) mass is 201 g/mol. The van der Waals surface area contributed by atoms with E-state index < -0.39 is 0 Å². The molecule has 82 valence electrons. The summed E-state index contributed by atoms with van der Waals surface area (Å²) in [5, 5.41) is 2.82. The summed E-state index contributed by atoms with van der Waals surface area (Å²) in [4.78, 5) is 13.4. The van der Waals surface area contributed by atoms with Gasteiger partial charge in [-0.15, -0.1) is 0 Å². The minimum atomic E-state index is -0.0368. The average molecular weight is 201 g/mol. The van der Waals surface area contributed by atoms with Crippen molar-refractivity contribution >= 4 is 5.91 Å². The van der Waals surface area contributed by atoms with E-state index >= 15 is 0 Å². The third-order valence-electron chi connectivity index (χ3n) is 2.41. The number of nitrogens with zero attached hydrogens (tertiary/aromatic N) is 1. The number of nitrogens with two attached hydrogens (primary N) is 1. The molecule has 5 heteroatoms. The standard InChI is InChI=1S/C9H19N3O2/c1-8-9(13)11-3-4-12(8)5-7-14-6-2-10/h8H,2-7,10H2,1H3,(H,11,13). The Morgan fingerprint density at radius 1 is 1.64 bits per heavy atom. The second kappa shape index (κ2) is 5.95. The second-order valence-electron chi connectivity index (χ2n) is 3.40. The second-order valence-corrected chi connectivity index (χ2v) is 3.40. The first-order valence-corrected chi connectivity index (χ1v) is 5.05. The fraction of sp³-hybridized carbons (Fsp3) is 0.889. The molecule has 1 atom stereocenters. The normalized spacial score (nSPS) is 23.6. The maximum atomic E-state index is 11.3. The summed E-state index contributed by atoms with van der Waals surface area (Å²) in [7, 11) is 0. The summed E-state index contributed by atoms with van der Waals surface area (Å²) < 4.78 is 5.27. The number of carbonyl (C=O) groups is 1. The van der Waals surface area contributed by atoms with Crippen molar-refractivity contribution in [2.24, 2.45) is 5.73 Å². The minimum absolute atomic E-state index is 0.0368. The molecule has 1 aliphatic rings. The van der Waals surface area contributed by atoms with Gasteiger partial charge in [-0.3, -0.25) is 9.69 Å². The summed E-state index contributed by atoms with van der Waals surface area (Å²) >= 11 is 0. The van der Waals surface area contributed by atoms with Gasteiger partial charge in [-0.25, -0.2) is 0 Å². The van der Waals surface area contributed by atoms with Crippen molar-refractivity contribution in [2.45, 2.75) is 13.0 Å². The molecule has 1 aliphatic heterocycles. The lowest BCUT2D eigenvalue weighted by atomic mass is 10.2. The molecule has 3 N–H and O–H groups in total. The quantitative estimate of drug-likeness (QED) is 0.547. The molecular formula is C9H19N3O2. The van der Waals surface area contributed by atoms with Crippen LogP contribution in [0.3, 0.4) is 0 Å². The van der Waals surface area contributed by atoms with Crippen molar-refractivity contribution < 1.29 is 9.53 Å². The first-order chi connectivity index (χ1) is 6.75. The maximum absolute atomic E-state index is 11.3. The molecule has 1 saturated heterocycles. The van der Waals surface area contributed by atoms with E-state index in [9.17, 15) is 4.79 Å². The molecular weight excluding hydrogens is 182 g/mol. The lowest BCUT2D eigenvalue weighted by Crippen LogP contribution is -2.54. The van der Waals surface area contributed by atoms with Crippen molar-refractivity contribution in [1.82, 2.24) is 10.2 Å². The number of ether oxygens (including phenoxy) is 1. The van der Waals surface area contributed by atoms with Gasteiger partial charge < -0.3 is 15.8 Å². The Hall–Kier alpha value is -0.650. The molecule has 0 saturated carbocycles. The van der Waals surface area contributed by atoms with E-state index in [0.717, 1.165) is 19.6 Å². The highest BCUT2D eigenvalue weighted by Crippen LogP contribution is 2.02. The zero-order valence-corrected chi connectivity index (χ0v) is 8.66. The Balaban J connectivity index is 2.19. The molecule has 0 radical (unpaired) electrons. The molecule has 0 aromatic heterocycles. The number of hydrogen-bond acceptors (Lipinski definition) is 4. The zero-order valence-electron chi connectivity index (χ0n) is 8.66. The van der Waals surface area contributed by atoms with E-state index in [1.807, 2.05) is 6.92 Å². The molecule has 1 heterocycles. The van der Waals surface area contributed by atoms with Crippen LogP contribution >= 0.6 is 0 Å². The largest absolute Gasteiger partial charge is 0.379 e. The Morgan fingerprint density at radius 3 is 3.14 bits per heavy atom. The van der Waals surface area contributed by atoms with Crippen LogP contribution in [0.4, 0.5) is 0 Å². The smallest absolute Gasteiger partial charge is 0.237 e. The van der Waals surface area contributed by atoms with Gasteiger partial charge >= 0.3 is 0 Å². The van der Waals surface area contributed by atoms with Crippen molar-refractivity contribution in [1.29, 1.82) is 0 Å². The van der Waals surface area contributed by atoms with Crippen molar-refractivity contribution in [3.63, 3.8) is 0 Å². The van der Waals surface area contributed by atoms with Crippen LogP contribution in [0.1, 0.15) is 6.92 Å². The van der Waals surface area contributed by atoms with E-state index in [0.29, 0.717) is 19.8 Å². The molecule has 1 rings (SSSR count). The highest BCUT2D eigenvalue weighted by Gasteiger charge is 2.24. The Morgan fingerprint density at radius 2 is 2.43 bits per heavy atom. The predicted molar refractivity (Wildman–Crippen MR) is 53.9 cm³/mol. The van der Waals surface area contributed by atoms with Crippen LogP contribution in [0.2, 0.25) is 0 Å². The highest BCUT2D eigenvalue weighted by molar-refractivity contribution is 5.81. The van der Waals surface area contributed by atoms with Crippen LogP contribution in [0.15, 0.2) is 0 Å². The van der Waals surface area contributed by atoms with Gasteiger partial charge in [-0.05, 0) is 6.92 Å². The van der Waals surface area contributed by atoms with E-state index in [1.165, 1.54) is 0 Å². The zero-order chi connectivity index (χ0) is 10.4. The van der Waals surface area contributed by atoms with Crippen LogP contribution in [0, 0.1) is 0 Å². The van der Waals surface area contributed by atoms with Gasteiger partial charge in [0.25, 0.3) is 0 Å². The van der Waals surface area contributed by atoms with E-state index in [-0.39, 0.29) is 11.9 Å². The van der Waals surface area contributed by atoms with Gasteiger partial charge in [0.2, 0.25) is 5.91 Å². The lowest BCUT2D eigenvalue weighted by Gasteiger charge is -2.32. The van der Waals surface area contributed by atoms with Crippen molar-refractivity contribution in [3.8, 4) is 0 Å². The molecule has 1 fully saturated rings. The SMILES string of the molecule is CC1C(=O)NCCN1CCOCCN. The van der Waals surface area contributed by atoms with Gasteiger partial charge in [-0.2, -0.15) is 0 Å². The van der Waals surface area contributed by atoms with E-state index in [1.54, 1.807) is 0 Å². The fourth-order valence-electron chi connectivity index (χ4n) is 1.50. The molecule has 0 aromatic carbocycles. The first-order valence-electron chi connectivity index (χ1n) is 5.05. The number of carbonyl (C=O) groups excluding carboxylic acids is 1. The molecule has 0 bridgehead atoms. The molecule has 1 amide bonds. The highest BCUT2D eigenvalue weighted by atomic mass is 16.5. The Labute approximate surface area is 84.6 Å². The summed E-state index contributed by atoms with van der Waals surface area (Å²) in [6, 6.07) is -0.0368. The molecule has 5 nitrogen and oxygen atoms in total.